The van der Waals surface area contributed by atoms with E-state index in [1.54, 1.807) is 18.4 Å². The molecule has 0 bridgehead atoms. The number of benzene rings is 1. The zero-order chi connectivity index (χ0) is 28.5. The number of esters is 1. The van der Waals surface area contributed by atoms with Crippen LogP contribution in [0.2, 0.25) is 0 Å². The van der Waals surface area contributed by atoms with Gasteiger partial charge in [-0.15, -0.1) is 11.3 Å². The summed E-state index contributed by atoms with van der Waals surface area (Å²) in [5.41, 5.74) is 5.45. The molecule has 214 valence electrons. The Balaban J connectivity index is 1.31. The van der Waals surface area contributed by atoms with Crippen molar-refractivity contribution < 1.29 is 18.8 Å². The highest BCUT2D eigenvalue weighted by molar-refractivity contribution is 7.19. The number of aryl methyl sites for hydroxylation is 1. The Bertz CT molecular complexity index is 1360. The van der Waals surface area contributed by atoms with Crippen LogP contribution in [0, 0.1) is 6.92 Å². The zero-order valence-corrected chi connectivity index (χ0v) is 25.4. The van der Waals surface area contributed by atoms with E-state index in [-0.39, 0.29) is 5.97 Å². The van der Waals surface area contributed by atoms with E-state index in [0.29, 0.717) is 13.0 Å². The van der Waals surface area contributed by atoms with Gasteiger partial charge in [0.25, 0.3) is 0 Å². The van der Waals surface area contributed by atoms with Crippen molar-refractivity contribution in [1.29, 1.82) is 0 Å². The smallest absolute Gasteiger partial charge is 0.305 e. The van der Waals surface area contributed by atoms with Gasteiger partial charge in [0.1, 0.15) is 10.8 Å². The number of methoxy groups -OCH3 is 1. The van der Waals surface area contributed by atoms with Gasteiger partial charge in [0.2, 0.25) is 0 Å². The minimum Gasteiger partial charge on any atom is -0.497 e. The molecule has 0 spiro atoms. The van der Waals surface area contributed by atoms with Gasteiger partial charge in [-0.2, -0.15) is 0 Å². The largest absolute Gasteiger partial charge is 0.497 e. The number of ether oxygens (including phenoxy) is 2. The lowest BCUT2D eigenvalue weighted by Gasteiger charge is -2.30. The number of quaternary nitrogens is 1. The van der Waals surface area contributed by atoms with E-state index >= 15 is 0 Å². The first-order chi connectivity index (χ1) is 19.3. The average molecular weight is 564 g/mol. The van der Waals surface area contributed by atoms with Crippen LogP contribution in [0.3, 0.4) is 0 Å². The first kappa shape index (κ1) is 29.7. The SMILES string of the molecule is CCOC(=O)CCC[N+](C)(C)CCCCCCN1C=CC(=Cc2nc3ncc(C)cc3s2)c2ccc(OC)cc21. The minimum atomic E-state index is -0.0832. The fourth-order valence-electron chi connectivity index (χ4n) is 5.08. The highest BCUT2D eigenvalue weighted by atomic mass is 32.1. The number of nitrogens with zero attached hydrogens (tertiary/aromatic N) is 4. The van der Waals surface area contributed by atoms with Crippen LogP contribution in [-0.2, 0) is 9.53 Å². The Morgan fingerprint density at radius 2 is 1.90 bits per heavy atom. The van der Waals surface area contributed by atoms with Crippen molar-refractivity contribution in [1.82, 2.24) is 9.97 Å². The number of pyridine rings is 1. The second-order valence-electron chi connectivity index (χ2n) is 11.1. The zero-order valence-electron chi connectivity index (χ0n) is 24.6. The summed E-state index contributed by atoms with van der Waals surface area (Å²) in [6, 6.07) is 8.45. The summed E-state index contributed by atoms with van der Waals surface area (Å²) in [5.74, 6) is 0.779. The predicted molar refractivity (Wildman–Crippen MR) is 166 cm³/mol. The van der Waals surface area contributed by atoms with Crippen LogP contribution in [0.1, 0.15) is 61.6 Å². The number of hydrogen-bond donors (Lipinski definition) is 0. The summed E-state index contributed by atoms with van der Waals surface area (Å²) in [7, 11) is 6.23. The van der Waals surface area contributed by atoms with Crippen LogP contribution in [0.25, 0.3) is 22.0 Å². The minimum absolute atomic E-state index is 0.0832. The van der Waals surface area contributed by atoms with E-state index in [4.69, 9.17) is 14.5 Å². The van der Waals surface area contributed by atoms with Crippen molar-refractivity contribution in [2.24, 2.45) is 0 Å². The predicted octanol–water partition coefficient (Wildman–Crippen LogP) is 6.86. The molecule has 3 heterocycles. The average Bonchev–Trinajstić information content (AvgIpc) is 3.32. The molecule has 4 rings (SSSR count). The molecule has 1 aliphatic heterocycles. The maximum absolute atomic E-state index is 11.6. The molecule has 0 aliphatic carbocycles. The number of fused-ring (bicyclic) bond motifs is 2. The molecule has 0 saturated heterocycles. The lowest BCUT2D eigenvalue weighted by molar-refractivity contribution is -0.890. The highest BCUT2D eigenvalue weighted by Crippen LogP contribution is 2.37. The summed E-state index contributed by atoms with van der Waals surface area (Å²) in [6.07, 6.45) is 14.5. The van der Waals surface area contributed by atoms with Crippen LogP contribution >= 0.6 is 11.3 Å². The van der Waals surface area contributed by atoms with Gasteiger partial charge in [-0.25, -0.2) is 9.97 Å². The van der Waals surface area contributed by atoms with Crippen molar-refractivity contribution in [3.05, 3.63) is 58.9 Å². The number of unbranched alkanes of at least 4 members (excludes halogenated alkanes) is 3. The number of thiazole rings is 1. The number of rotatable bonds is 14. The third kappa shape index (κ3) is 8.15. The first-order valence-corrected chi connectivity index (χ1v) is 15.2. The molecule has 1 aromatic carbocycles. The van der Waals surface area contributed by atoms with Gasteiger partial charge in [0, 0.05) is 37.0 Å². The van der Waals surface area contributed by atoms with Crippen molar-refractivity contribution in [3.8, 4) is 5.75 Å². The van der Waals surface area contributed by atoms with Crippen molar-refractivity contribution >= 4 is 45.0 Å². The fraction of sp³-hybridized carbons (Fsp3) is 0.469. The summed E-state index contributed by atoms with van der Waals surface area (Å²) < 4.78 is 12.7. The van der Waals surface area contributed by atoms with Gasteiger partial charge in [0.15, 0.2) is 5.65 Å². The first-order valence-electron chi connectivity index (χ1n) is 14.3. The Morgan fingerprint density at radius 3 is 2.70 bits per heavy atom. The number of allylic oxidation sites excluding steroid dienone is 2. The normalized spacial score (nSPS) is 14.1. The number of hydrogen-bond acceptors (Lipinski definition) is 7. The van der Waals surface area contributed by atoms with Gasteiger partial charge in [0.05, 0.1) is 57.7 Å². The van der Waals surface area contributed by atoms with Gasteiger partial charge in [-0.1, -0.05) is 6.42 Å². The van der Waals surface area contributed by atoms with Crippen LogP contribution < -0.4 is 9.64 Å². The summed E-state index contributed by atoms with van der Waals surface area (Å²) >= 11 is 1.67. The molecule has 3 aromatic rings. The molecular weight excluding hydrogens is 520 g/mol. The molecule has 1 aliphatic rings. The van der Waals surface area contributed by atoms with E-state index in [0.717, 1.165) is 69.2 Å². The number of carbonyl (C=O) groups is 1. The second kappa shape index (κ2) is 13.9. The van der Waals surface area contributed by atoms with Crippen LogP contribution in [-0.4, -0.2) is 67.9 Å². The van der Waals surface area contributed by atoms with E-state index in [9.17, 15) is 4.79 Å². The lowest BCUT2D eigenvalue weighted by atomic mass is 9.99. The summed E-state index contributed by atoms with van der Waals surface area (Å²) in [5, 5.41) is 0.963. The third-order valence-electron chi connectivity index (χ3n) is 7.30. The van der Waals surface area contributed by atoms with Gasteiger partial charge in [-0.3, -0.25) is 4.79 Å². The molecular formula is C32H43N4O3S+. The van der Waals surface area contributed by atoms with Gasteiger partial charge in [-0.05, 0) is 74.6 Å². The molecule has 0 unspecified atom stereocenters. The van der Waals surface area contributed by atoms with E-state index in [1.807, 2.05) is 19.2 Å². The van der Waals surface area contributed by atoms with Gasteiger partial charge < -0.3 is 18.9 Å². The molecule has 7 nitrogen and oxygen atoms in total. The Kier molecular flexibility index (Phi) is 10.3. The molecule has 0 fully saturated rings. The molecule has 0 atom stereocenters. The summed E-state index contributed by atoms with van der Waals surface area (Å²) in [6.45, 7) is 7.46. The number of anilines is 1. The Morgan fingerprint density at radius 1 is 1.10 bits per heavy atom. The highest BCUT2D eigenvalue weighted by Gasteiger charge is 2.19. The summed E-state index contributed by atoms with van der Waals surface area (Å²) in [4.78, 5) is 23.2. The number of carbonyl (C=O) groups excluding carboxylic acids is 1. The molecule has 8 heteroatoms. The van der Waals surface area contributed by atoms with Crippen LogP contribution in [0.5, 0.6) is 5.75 Å². The monoisotopic (exact) mass is 563 g/mol. The topological polar surface area (TPSA) is 64.5 Å². The maximum Gasteiger partial charge on any atom is 0.305 e. The second-order valence-corrected chi connectivity index (χ2v) is 12.1. The molecule has 0 saturated carbocycles. The molecule has 2 aromatic heterocycles. The Labute approximate surface area is 242 Å². The van der Waals surface area contributed by atoms with E-state index in [2.05, 4.69) is 67.5 Å². The van der Waals surface area contributed by atoms with E-state index in [1.165, 1.54) is 30.5 Å². The Hall–Kier alpha value is -3.23. The third-order valence-corrected chi connectivity index (χ3v) is 8.24. The maximum atomic E-state index is 11.6. The lowest BCUT2D eigenvalue weighted by Crippen LogP contribution is -2.41. The van der Waals surface area contributed by atoms with E-state index < -0.39 is 0 Å². The van der Waals surface area contributed by atoms with Crippen molar-refractivity contribution in [3.63, 3.8) is 0 Å². The van der Waals surface area contributed by atoms with Crippen molar-refractivity contribution in [2.45, 2.75) is 52.4 Å². The quantitative estimate of drug-likeness (QED) is 0.121. The number of aromatic nitrogens is 2. The molecule has 40 heavy (non-hydrogen) atoms. The van der Waals surface area contributed by atoms with Crippen molar-refractivity contribution in [2.75, 3.05) is 52.3 Å². The molecule has 0 radical (unpaired) electrons. The van der Waals surface area contributed by atoms with Crippen LogP contribution in [0.15, 0.2) is 42.7 Å². The van der Waals surface area contributed by atoms with Gasteiger partial charge >= 0.3 is 5.97 Å². The molecule has 0 N–H and O–H groups in total. The fourth-order valence-corrected chi connectivity index (χ4v) is 6.06. The van der Waals surface area contributed by atoms with Crippen LogP contribution in [0.4, 0.5) is 5.69 Å². The standard InChI is InChI=1S/C32H43N4O3S/c1-6-39-31(37)12-11-19-36(3,4)18-10-8-7-9-16-35-17-15-25(27-14-13-26(38-5)22-28(27)35)21-30-34-32-29(40-30)20-24(2)23-33-32/h13-15,17,20-23H,6-12,16,18-19H2,1-5H3/q+1. The molecule has 0 amide bonds.